The van der Waals surface area contributed by atoms with Gasteiger partial charge in [0.25, 0.3) is 0 Å². The van der Waals surface area contributed by atoms with Gasteiger partial charge in [-0.25, -0.2) is 0 Å². The van der Waals surface area contributed by atoms with E-state index < -0.39 is 0 Å². The van der Waals surface area contributed by atoms with E-state index in [9.17, 15) is 0 Å². The van der Waals surface area contributed by atoms with Crippen LogP contribution in [0.1, 0.15) is 24.8 Å². The molecule has 100 valence electrons. The lowest BCUT2D eigenvalue weighted by Gasteiger charge is -2.05. The first-order valence-electron chi connectivity index (χ1n) is 6.33. The molecule has 0 bridgehead atoms. The molecule has 1 aromatic carbocycles. The number of hydrogen-bond donors (Lipinski definition) is 1. The highest BCUT2D eigenvalue weighted by Gasteiger charge is 1.94. The van der Waals surface area contributed by atoms with Crippen LogP contribution in [-0.4, -0.2) is 25.4 Å². The van der Waals surface area contributed by atoms with Crippen molar-refractivity contribution >= 4 is 0 Å². The molecule has 0 heterocycles. The largest absolute Gasteiger partial charge is 0.497 e. The summed E-state index contributed by atoms with van der Waals surface area (Å²) in [5, 5.41) is 8.55. The second-order valence-electron chi connectivity index (χ2n) is 4.05. The summed E-state index contributed by atoms with van der Waals surface area (Å²) in [5.41, 5.74) is 1.16. The van der Waals surface area contributed by atoms with E-state index >= 15 is 0 Å². The van der Waals surface area contributed by atoms with E-state index in [1.54, 1.807) is 13.2 Å². The third-order valence-electron chi connectivity index (χ3n) is 2.61. The third-order valence-corrected chi connectivity index (χ3v) is 2.61. The number of methoxy groups -OCH3 is 1. The van der Waals surface area contributed by atoms with Crippen molar-refractivity contribution in [1.82, 2.24) is 0 Å². The van der Waals surface area contributed by atoms with E-state index in [-0.39, 0.29) is 6.61 Å². The van der Waals surface area contributed by atoms with Crippen molar-refractivity contribution in [3.8, 4) is 5.75 Å². The number of ether oxygens (including phenoxy) is 2. The first-order chi connectivity index (χ1) is 8.86. The van der Waals surface area contributed by atoms with Crippen LogP contribution in [0, 0.1) is 0 Å². The van der Waals surface area contributed by atoms with E-state index in [4.69, 9.17) is 14.6 Å². The molecule has 0 aliphatic carbocycles. The van der Waals surface area contributed by atoms with Gasteiger partial charge >= 0.3 is 0 Å². The highest BCUT2D eigenvalue weighted by molar-refractivity contribution is 5.26. The van der Waals surface area contributed by atoms with E-state index in [0.29, 0.717) is 6.61 Å². The van der Waals surface area contributed by atoms with Crippen LogP contribution in [0.2, 0.25) is 0 Å². The summed E-state index contributed by atoms with van der Waals surface area (Å²) in [6.45, 7) is 1.56. The molecule has 0 amide bonds. The summed E-state index contributed by atoms with van der Waals surface area (Å²) in [6.07, 6.45) is 6.93. The summed E-state index contributed by atoms with van der Waals surface area (Å²) >= 11 is 0. The molecule has 18 heavy (non-hydrogen) atoms. The van der Waals surface area contributed by atoms with Gasteiger partial charge in [0, 0.05) is 6.61 Å². The molecule has 0 aliphatic rings. The van der Waals surface area contributed by atoms with Crippen LogP contribution < -0.4 is 4.74 Å². The first kappa shape index (κ1) is 14.7. The minimum atomic E-state index is 0.133. The smallest absolute Gasteiger partial charge is 0.118 e. The van der Waals surface area contributed by atoms with Gasteiger partial charge in [-0.15, -0.1) is 0 Å². The van der Waals surface area contributed by atoms with Gasteiger partial charge in [-0.1, -0.05) is 24.3 Å². The number of aliphatic hydroxyl groups is 1. The van der Waals surface area contributed by atoms with Gasteiger partial charge in [0.1, 0.15) is 5.75 Å². The molecular formula is C15H22O3. The summed E-state index contributed by atoms with van der Waals surface area (Å²) < 4.78 is 10.7. The van der Waals surface area contributed by atoms with Gasteiger partial charge in [-0.05, 0) is 37.0 Å². The Bertz CT molecular complexity index is 330. The number of benzene rings is 1. The molecule has 0 radical (unpaired) electrons. The fourth-order valence-electron chi connectivity index (χ4n) is 1.57. The molecule has 1 aromatic rings. The Morgan fingerprint density at radius 3 is 2.56 bits per heavy atom. The molecule has 0 aromatic heterocycles. The van der Waals surface area contributed by atoms with Gasteiger partial charge in [0.05, 0.1) is 20.3 Å². The number of rotatable bonds is 9. The Balaban J connectivity index is 2.05. The Labute approximate surface area is 109 Å². The molecule has 3 nitrogen and oxygen atoms in total. The van der Waals surface area contributed by atoms with E-state index in [1.807, 2.05) is 30.3 Å². The number of unbranched alkanes of at least 4 members (excludes halogenated alkanes) is 2. The Morgan fingerprint density at radius 1 is 1.11 bits per heavy atom. The second-order valence-corrected chi connectivity index (χ2v) is 4.05. The van der Waals surface area contributed by atoms with E-state index in [2.05, 4.69) is 0 Å². The minimum Gasteiger partial charge on any atom is -0.497 e. The monoisotopic (exact) mass is 250 g/mol. The average Bonchev–Trinajstić information content (AvgIpc) is 2.42. The number of aliphatic hydroxyl groups excluding tert-OH is 1. The summed E-state index contributed by atoms with van der Waals surface area (Å²) in [7, 11) is 1.66. The van der Waals surface area contributed by atoms with Gasteiger partial charge < -0.3 is 14.6 Å². The van der Waals surface area contributed by atoms with Gasteiger partial charge in [0.15, 0.2) is 0 Å². The zero-order valence-electron chi connectivity index (χ0n) is 11.0. The minimum absolute atomic E-state index is 0.133. The lowest BCUT2D eigenvalue weighted by atomic mass is 10.2. The molecule has 3 heteroatoms. The molecule has 0 aliphatic heterocycles. The van der Waals surface area contributed by atoms with Crippen LogP contribution >= 0.6 is 0 Å². The molecule has 0 unspecified atom stereocenters. The normalized spacial score (nSPS) is 11.0. The predicted octanol–water partition coefficient (Wildman–Crippen LogP) is 2.93. The maximum absolute atomic E-state index is 8.55. The SMILES string of the molecule is COc1ccc(COCCCCC=CCO)cc1. The van der Waals surface area contributed by atoms with E-state index in [1.165, 1.54) is 0 Å². The van der Waals surface area contributed by atoms with E-state index in [0.717, 1.165) is 37.2 Å². The van der Waals surface area contributed by atoms with Crippen molar-refractivity contribution in [2.75, 3.05) is 20.3 Å². The molecular weight excluding hydrogens is 228 g/mol. The fraction of sp³-hybridized carbons (Fsp3) is 0.467. The standard InChI is InChI=1S/C15H22O3/c1-17-15-9-7-14(8-10-15)13-18-12-6-4-2-3-5-11-16/h3,5,7-10,16H,2,4,6,11-13H2,1H3. The maximum atomic E-state index is 8.55. The fourth-order valence-corrected chi connectivity index (χ4v) is 1.57. The molecule has 0 atom stereocenters. The van der Waals surface area contributed by atoms with Crippen molar-refractivity contribution in [2.45, 2.75) is 25.9 Å². The second kappa shape index (κ2) is 9.68. The maximum Gasteiger partial charge on any atom is 0.118 e. The lowest BCUT2D eigenvalue weighted by molar-refractivity contribution is 0.117. The van der Waals surface area contributed by atoms with Gasteiger partial charge in [-0.3, -0.25) is 0 Å². The van der Waals surface area contributed by atoms with Crippen molar-refractivity contribution in [2.24, 2.45) is 0 Å². The van der Waals surface area contributed by atoms with Crippen LogP contribution in [0.25, 0.3) is 0 Å². The molecule has 1 rings (SSSR count). The van der Waals surface area contributed by atoms with Crippen molar-refractivity contribution < 1.29 is 14.6 Å². The Kier molecular flexibility index (Phi) is 7.93. The zero-order chi connectivity index (χ0) is 13.1. The van der Waals surface area contributed by atoms with Gasteiger partial charge in [0.2, 0.25) is 0 Å². The molecule has 0 saturated carbocycles. The van der Waals surface area contributed by atoms with Gasteiger partial charge in [-0.2, -0.15) is 0 Å². The highest BCUT2D eigenvalue weighted by Crippen LogP contribution is 2.12. The van der Waals surface area contributed by atoms with Crippen LogP contribution in [0.15, 0.2) is 36.4 Å². The number of hydrogen-bond acceptors (Lipinski definition) is 3. The zero-order valence-corrected chi connectivity index (χ0v) is 11.0. The number of allylic oxidation sites excluding steroid dienone is 1. The third kappa shape index (κ3) is 6.42. The molecule has 0 spiro atoms. The van der Waals surface area contributed by atoms with Crippen LogP contribution in [0.3, 0.4) is 0 Å². The van der Waals surface area contributed by atoms with Crippen LogP contribution in [-0.2, 0) is 11.3 Å². The first-order valence-corrected chi connectivity index (χ1v) is 6.33. The quantitative estimate of drug-likeness (QED) is 0.541. The van der Waals surface area contributed by atoms with Crippen molar-refractivity contribution in [1.29, 1.82) is 0 Å². The van der Waals surface area contributed by atoms with Crippen molar-refractivity contribution in [3.05, 3.63) is 42.0 Å². The van der Waals surface area contributed by atoms with Crippen LogP contribution in [0.5, 0.6) is 5.75 Å². The summed E-state index contributed by atoms with van der Waals surface area (Å²) in [6, 6.07) is 7.92. The molecule has 0 saturated heterocycles. The van der Waals surface area contributed by atoms with Crippen LogP contribution in [0.4, 0.5) is 0 Å². The summed E-state index contributed by atoms with van der Waals surface area (Å²) in [4.78, 5) is 0. The molecule has 0 fully saturated rings. The topological polar surface area (TPSA) is 38.7 Å². The predicted molar refractivity (Wildman–Crippen MR) is 72.7 cm³/mol. The Morgan fingerprint density at radius 2 is 1.89 bits per heavy atom. The van der Waals surface area contributed by atoms with Crippen molar-refractivity contribution in [3.63, 3.8) is 0 Å². The highest BCUT2D eigenvalue weighted by atomic mass is 16.5. The summed E-state index contributed by atoms with van der Waals surface area (Å²) in [5.74, 6) is 0.870. The average molecular weight is 250 g/mol. The molecule has 1 N–H and O–H groups in total. The Hall–Kier alpha value is -1.32. The lowest BCUT2D eigenvalue weighted by Crippen LogP contribution is -1.95.